The van der Waals surface area contributed by atoms with E-state index in [9.17, 15) is 4.79 Å². The van der Waals surface area contributed by atoms with Gasteiger partial charge in [0.2, 0.25) is 5.91 Å². The van der Waals surface area contributed by atoms with Crippen LogP contribution in [-0.2, 0) is 9.63 Å². The van der Waals surface area contributed by atoms with Crippen LogP contribution in [0.2, 0.25) is 0 Å². The molecule has 65 valence electrons. The summed E-state index contributed by atoms with van der Waals surface area (Å²) in [5.74, 6) is -0.128. The lowest BCUT2D eigenvalue weighted by molar-refractivity contribution is -0.132. The fraction of sp³-hybridized carbons (Fsp3) is 0.750. The van der Waals surface area contributed by atoms with E-state index in [1.54, 1.807) is 0 Å². The highest BCUT2D eigenvalue weighted by molar-refractivity contribution is 5.94. The molecule has 2 aliphatic heterocycles. The third kappa shape index (κ3) is 1.29. The minimum Gasteiger partial charge on any atom is -0.394 e. The smallest absolute Gasteiger partial charge is 0.235 e. The molecule has 1 saturated heterocycles. The van der Waals surface area contributed by atoms with Crippen LogP contribution in [0, 0.1) is 5.92 Å². The highest BCUT2D eigenvalue weighted by Gasteiger charge is 2.28. The Labute approximate surface area is 71.2 Å². The number of hydrogen-bond donors (Lipinski definition) is 0. The Balaban J connectivity index is 1.94. The third-order valence-electron chi connectivity index (χ3n) is 2.23. The Morgan fingerprint density at radius 3 is 2.83 bits per heavy atom. The first-order valence-corrected chi connectivity index (χ1v) is 4.24. The zero-order valence-electron chi connectivity index (χ0n) is 6.82. The summed E-state index contributed by atoms with van der Waals surface area (Å²) in [5.41, 5.74) is 0. The van der Waals surface area contributed by atoms with Crippen LogP contribution in [0.1, 0.15) is 12.8 Å². The molecule has 1 atom stereocenters. The molecule has 0 N–H and O–H groups in total. The molecule has 0 saturated carbocycles. The predicted octanol–water partition coefficient (Wildman–Crippen LogP) is 0.118. The number of rotatable bonds is 1. The van der Waals surface area contributed by atoms with Gasteiger partial charge in [0.25, 0.3) is 0 Å². The summed E-state index contributed by atoms with van der Waals surface area (Å²) < 4.78 is 0. The van der Waals surface area contributed by atoms with Crippen molar-refractivity contribution in [1.29, 1.82) is 0 Å². The molecule has 0 aromatic heterocycles. The Morgan fingerprint density at radius 2 is 2.25 bits per heavy atom. The molecular formula is C8H11N2O2. The monoisotopic (exact) mass is 167 g/mol. The molecule has 0 aliphatic carbocycles. The van der Waals surface area contributed by atoms with Crippen LogP contribution >= 0.6 is 0 Å². The van der Waals surface area contributed by atoms with E-state index in [0.29, 0.717) is 6.61 Å². The molecule has 0 bridgehead atoms. The SMILES string of the molecule is O=C(C1[C]=NOC1)N1CCCC1. The molecule has 0 spiro atoms. The summed E-state index contributed by atoms with van der Waals surface area (Å²) in [6.45, 7) is 2.14. The van der Waals surface area contributed by atoms with Gasteiger partial charge in [0.15, 0.2) is 0 Å². The lowest BCUT2D eigenvalue weighted by atomic mass is 10.1. The van der Waals surface area contributed by atoms with Crippen molar-refractivity contribution in [3.8, 4) is 0 Å². The van der Waals surface area contributed by atoms with Gasteiger partial charge in [0.1, 0.15) is 18.7 Å². The summed E-state index contributed by atoms with van der Waals surface area (Å²) in [6.07, 6.45) is 4.89. The van der Waals surface area contributed by atoms with Crippen molar-refractivity contribution in [1.82, 2.24) is 4.90 Å². The van der Waals surface area contributed by atoms with Crippen LogP contribution < -0.4 is 0 Å². The molecule has 2 heterocycles. The van der Waals surface area contributed by atoms with Gasteiger partial charge in [-0.1, -0.05) is 5.16 Å². The minimum atomic E-state index is -0.247. The van der Waals surface area contributed by atoms with E-state index >= 15 is 0 Å². The molecule has 1 amide bonds. The average molecular weight is 167 g/mol. The second-order valence-corrected chi connectivity index (χ2v) is 3.10. The first-order chi connectivity index (χ1) is 5.88. The number of hydrogen-bond acceptors (Lipinski definition) is 3. The molecule has 1 radical (unpaired) electrons. The van der Waals surface area contributed by atoms with Crippen molar-refractivity contribution in [2.24, 2.45) is 11.1 Å². The second kappa shape index (κ2) is 3.13. The fourth-order valence-electron chi connectivity index (χ4n) is 1.53. The lowest BCUT2D eigenvalue weighted by Crippen LogP contribution is -2.34. The number of amides is 1. The third-order valence-corrected chi connectivity index (χ3v) is 2.23. The van der Waals surface area contributed by atoms with Crippen LogP contribution in [0.5, 0.6) is 0 Å². The highest BCUT2D eigenvalue weighted by atomic mass is 16.6. The summed E-state index contributed by atoms with van der Waals surface area (Å²) >= 11 is 0. The normalized spacial score (nSPS) is 27.7. The summed E-state index contributed by atoms with van der Waals surface area (Å²) in [5, 5.41) is 3.46. The maximum absolute atomic E-state index is 11.6. The number of nitrogens with zero attached hydrogens (tertiary/aromatic N) is 2. The molecule has 2 aliphatic rings. The summed E-state index contributed by atoms with van der Waals surface area (Å²) in [7, 11) is 0. The van der Waals surface area contributed by atoms with Crippen LogP contribution in [0.25, 0.3) is 0 Å². The minimum absolute atomic E-state index is 0.119. The molecule has 12 heavy (non-hydrogen) atoms. The zero-order chi connectivity index (χ0) is 8.39. The van der Waals surface area contributed by atoms with Gasteiger partial charge < -0.3 is 9.74 Å². The molecular weight excluding hydrogens is 156 g/mol. The van der Waals surface area contributed by atoms with Gasteiger partial charge in [-0.15, -0.1) is 0 Å². The second-order valence-electron chi connectivity index (χ2n) is 3.10. The first kappa shape index (κ1) is 7.58. The van der Waals surface area contributed by atoms with E-state index in [1.807, 2.05) is 4.90 Å². The van der Waals surface area contributed by atoms with Crippen LogP contribution in [0.4, 0.5) is 0 Å². The van der Waals surface area contributed by atoms with Gasteiger partial charge in [0.05, 0.1) is 0 Å². The van der Waals surface area contributed by atoms with Crippen molar-refractivity contribution in [2.45, 2.75) is 12.8 Å². The van der Waals surface area contributed by atoms with Crippen molar-refractivity contribution < 1.29 is 9.63 Å². The largest absolute Gasteiger partial charge is 0.394 e. The number of carbonyl (C=O) groups is 1. The molecule has 4 nitrogen and oxygen atoms in total. The molecule has 0 aromatic rings. The van der Waals surface area contributed by atoms with Gasteiger partial charge in [-0.05, 0) is 12.8 Å². The van der Waals surface area contributed by atoms with E-state index in [4.69, 9.17) is 4.84 Å². The Kier molecular flexibility index (Phi) is 1.98. The van der Waals surface area contributed by atoms with Crippen LogP contribution in [-0.4, -0.2) is 36.7 Å². The van der Waals surface area contributed by atoms with E-state index in [2.05, 4.69) is 11.4 Å². The van der Waals surface area contributed by atoms with E-state index in [-0.39, 0.29) is 11.8 Å². The van der Waals surface area contributed by atoms with Crippen LogP contribution in [0.3, 0.4) is 0 Å². The summed E-state index contributed by atoms with van der Waals surface area (Å²) in [6, 6.07) is 0. The van der Waals surface area contributed by atoms with E-state index in [0.717, 1.165) is 25.9 Å². The number of likely N-dealkylation sites (tertiary alicyclic amines) is 1. The highest BCUT2D eigenvalue weighted by Crippen LogP contribution is 2.13. The number of carbonyl (C=O) groups excluding carboxylic acids is 1. The van der Waals surface area contributed by atoms with Crippen molar-refractivity contribution in [3.05, 3.63) is 0 Å². The first-order valence-electron chi connectivity index (χ1n) is 4.24. The fourth-order valence-corrected chi connectivity index (χ4v) is 1.53. The maximum Gasteiger partial charge on any atom is 0.235 e. The quantitative estimate of drug-likeness (QED) is 0.556. The Morgan fingerprint density at radius 1 is 1.50 bits per heavy atom. The molecule has 1 fully saturated rings. The molecule has 2 rings (SSSR count). The van der Waals surface area contributed by atoms with Crippen LogP contribution in [0.15, 0.2) is 5.16 Å². The lowest BCUT2D eigenvalue weighted by Gasteiger charge is -2.16. The Hall–Kier alpha value is -1.06. The molecule has 4 heteroatoms. The van der Waals surface area contributed by atoms with Crippen molar-refractivity contribution in [3.63, 3.8) is 0 Å². The van der Waals surface area contributed by atoms with Gasteiger partial charge in [-0.25, -0.2) is 0 Å². The molecule has 1 unspecified atom stereocenters. The predicted molar refractivity (Wildman–Crippen MR) is 42.7 cm³/mol. The standard InChI is InChI=1S/C8H11N2O2/c11-8(7-5-9-12-6-7)10-3-1-2-4-10/h7H,1-4,6H2. The maximum atomic E-state index is 11.6. The molecule has 0 aromatic carbocycles. The van der Waals surface area contributed by atoms with E-state index < -0.39 is 0 Å². The summed E-state index contributed by atoms with van der Waals surface area (Å²) in [4.78, 5) is 18.1. The van der Waals surface area contributed by atoms with E-state index in [1.165, 1.54) is 0 Å². The average Bonchev–Trinajstić information content (AvgIpc) is 2.77. The topological polar surface area (TPSA) is 41.9 Å². The van der Waals surface area contributed by atoms with Gasteiger partial charge in [0, 0.05) is 13.1 Å². The van der Waals surface area contributed by atoms with Gasteiger partial charge in [-0.3, -0.25) is 4.79 Å². The Bertz CT molecular complexity index is 209. The van der Waals surface area contributed by atoms with Crippen molar-refractivity contribution >= 4 is 12.1 Å². The van der Waals surface area contributed by atoms with Gasteiger partial charge in [-0.2, -0.15) is 0 Å². The van der Waals surface area contributed by atoms with Crippen molar-refractivity contribution in [2.75, 3.05) is 19.7 Å². The van der Waals surface area contributed by atoms with Gasteiger partial charge >= 0.3 is 0 Å². The zero-order valence-corrected chi connectivity index (χ0v) is 6.82.